The average Bonchev–Trinajstić information content (AvgIpc) is 3.03. The van der Waals surface area contributed by atoms with Gasteiger partial charge in [-0.15, -0.1) is 0 Å². The Morgan fingerprint density at radius 1 is 1.39 bits per heavy atom. The first-order chi connectivity index (χ1) is 8.65. The van der Waals surface area contributed by atoms with E-state index < -0.39 is 12.0 Å². The summed E-state index contributed by atoms with van der Waals surface area (Å²) < 4.78 is 10.6. The van der Waals surface area contributed by atoms with Crippen LogP contribution in [0.5, 0.6) is 11.5 Å². The highest BCUT2D eigenvalue weighted by atomic mass is 16.7. The van der Waals surface area contributed by atoms with Crippen LogP contribution in [0.15, 0.2) is 12.1 Å². The summed E-state index contributed by atoms with van der Waals surface area (Å²) in [4.78, 5) is 11.4. The predicted molar refractivity (Wildman–Crippen MR) is 63.8 cm³/mol. The number of rotatable bonds is 4. The van der Waals surface area contributed by atoms with E-state index in [0.717, 1.165) is 24.0 Å². The number of ether oxygens (including phenoxy) is 2. The summed E-state index contributed by atoms with van der Waals surface area (Å²) in [6, 6.07) is 3.26. The van der Waals surface area contributed by atoms with Crippen LogP contribution in [0, 0.1) is 6.92 Å². The second-order valence-electron chi connectivity index (χ2n) is 4.77. The summed E-state index contributed by atoms with van der Waals surface area (Å²) in [6.07, 6.45) is 2.10. The Morgan fingerprint density at radius 2 is 2.06 bits per heavy atom. The molecule has 5 nitrogen and oxygen atoms in total. The van der Waals surface area contributed by atoms with E-state index in [-0.39, 0.29) is 6.79 Å². The third-order valence-electron chi connectivity index (χ3n) is 3.30. The van der Waals surface area contributed by atoms with Gasteiger partial charge in [-0.05, 0) is 43.0 Å². The van der Waals surface area contributed by atoms with Gasteiger partial charge < -0.3 is 14.6 Å². The normalized spacial score (nSPS) is 18.7. The monoisotopic (exact) mass is 249 g/mol. The van der Waals surface area contributed by atoms with Gasteiger partial charge in [-0.3, -0.25) is 10.1 Å². The van der Waals surface area contributed by atoms with Crippen molar-refractivity contribution in [3.05, 3.63) is 23.3 Å². The van der Waals surface area contributed by atoms with E-state index >= 15 is 0 Å². The van der Waals surface area contributed by atoms with Crippen molar-refractivity contribution >= 4 is 5.97 Å². The van der Waals surface area contributed by atoms with Crippen molar-refractivity contribution in [3.8, 4) is 11.5 Å². The molecule has 1 aliphatic heterocycles. The van der Waals surface area contributed by atoms with Crippen molar-refractivity contribution < 1.29 is 19.4 Å². The first-order valence-corrected chi connectivity index (χ1v) is 6.04. The van der Waals surface area contributed by atoms with Gasteiger partial charge in [-0.25, -0.2) is 0 Å². The van der Waals surface area contributed by atoms with Gasteiger partial charge in [0.15, 0.2) is 11.5 Å². The largest absolute Gasteiger partial charge is 0.480 e. The van der Waals surface area contributed by atoms with E-state index in [4.69, 9.17) is 9.47 Å². The SMILES string of the molecule is Cc1cc2c(cc1C(NC1CC1)C(=O)O)OCO2. The quantitative estimate of drug-likeness (QED) is 0.848. The number of benzene rings is 1. The van der Waals surface area contributed by atoms with Crippen LogP contribution in [0.3, 0.4) is 0 Å². The van der Waals surface area contributed by atoms with Gasteiger partial charge in [0, 0.05) is 6.04 Å². The number of nitrogens with one attached hydrogen (secondary N) is 1. The zero-order valence-corrected chi connectivity index (χ0v) is 10.1. The van der Waals surface area contributed by atoms with E-state index in [1.165, 1.54) is 0 Å². The Bertz CT molecular complexity index is 496. The summed E-state index contributed by atoms with van der Waals surface area (Å²) in [5, 5.41) is 12.5. The molecule has 0 spiro atoms. The Hall–Kier alpha value is -1.75. The number of hydrogen-bond acceptors (Lipinski definition) is 4. The molecule has 1 atom stereocenters. The molecule has 18 heavy (non-hydrogen) atoms. The number of aliphatic carboxylic acids is 1. The Labute approximate surface area is 105 Å². The zero-order chi connectivity index (χ0) is 12.7. The lowest BCUT2D eigenvalue weighted by Crippen LogP contribution is -2.30. The van der Waals surface area contributed by atoms with Gasteiger partial charge in [0.2, 0.25) is 6.79 Å². The maximum absolute atomic E-state index is 11.4. The minimum Gasteiger partial charge on any atom is -0.480 e. The molecule has 2 N–H and O–H groups in total. The van der Waals surface area contributed by atoms with Crippen LogP contribution in [-0.4, -0.2) is 23.9 Å². The van der Waals surface area contributed by atoms with Crippen LogP contribution in [0.4, 0.5) is 0 Å². The van der Waals surface area contributed by atoms with Crippen LogP contribution in [-0.2, 0) is 4.79 Å². The molecule has 0 radical (unpaired) electrons. The minimum absolute atomic E-state index is 0.200. The van der Waals surface area contributed by atoms with Crippen molar-refractivity contribution in [2.24, 2.45) is 0 Å². The minimum atomic E-state index is -0.858. The van der Waals surface area contributed by atoms with Gasteiger partial charge >= 0.3 is 5.97 Å². The highest BCUT2D eigenvalue weighted by molar-refractivity contribution is 5.77. The van der Waals surface area contributed by atoms with Crippen molar-refractivity contribution in [2.75, 3.05) is 6.79 Å². The van der Waals surface area contributed by atoms with Crippen molar-refractivity contribution in [1.29, 1.82) is 0 Å². The molecule has 2 aliphatic rings. The Morgan fingerprint density at radius 3 is 2.67 bits per heavy atom. The molecule has 1 aliphatic carbocycles. The summed E-state index contributed by atoms with van der Waals surface area (Å²) in [5.74, 6) is 0.454. The smallest absolute Gasteiger partial charge is 0.325 e. The number of aryl methyl sites for hydroxylation is 1. The molecule has 96 valence electrons. The number of hydrogen-bond donors (Lipinski definition) is 2. The maximum atomic E-state index is 11.4. The van der Waals surface area contributed by atoms with E-state index in [1.807, 2.05) is 13.0 Å². The highest BCUT2D eigenvalue weighted by Gasteiger charge is 2.31. The predicted octanol–water partition coefficient (Wildman–Crippen LogP) is 1.60. The average molecular weight is 249 g/mol. The van der Waals surface area contributed by atoms with Gasteiger partial charge in [0.1, 0.15) is 6.04 Å². The molecule has 5 heteroatoms. The molecule has 1 fully saturated rings. The standard InChI is InChI=1S/C13H15NO4/c1-7-4-10-11(18-6-17-10)5-9(7)12(13(15)16)14-8-2-3-8/h4-5,8,12,14H,2-3,6H2,1H3,(H,15,16). The van der Waals surface area contributed by atoms with Crippen molar-refractivity contribution in [2.45, 2.75) is 31.8 Å². The fourth-order valence-corrected chi connectivity index (χ4v) is 2.15. The fourth-order valence-electron chi connectivity index (χ4n) is 2.15. The molecule has 1 saturated carbocycles. The lowest BCUT2D eigenvalue weighted by Gasteiger charge is -2.17. The molecule has 3 rings (SSSR count). The molecule has 1 heterocycles. The first-order valence-electron chi connectivity index (χ1n) is 6.04. The van der Waals surface area contributed by atoms with Crippen LogP contribution in [0.1, 0.15) is 30.0 Å². The molecule has 1 aromatic rings. The van der Waals surface area contributed by atoms with E-state index in [1.54, 1.807) is 6.07 Å². The summed E-state index contributed by atoms with van der Waals surface area (Å²) >= 11 is 0. The molecule has 0 amide bonds. The summed E-state index contributed by atoms with van der Waals surface area (Å²) in [7, 11) is 0. The van der Waals surface area contributed by atoms with Crippen molar-refractivity contribution in [1.82, 2.24) is 5.32 Å². The molecular weight excluding hydrogens is 234 g/mol. The van der Waals surface area contributed by atoms with Gasteiger partial charge in [0.05, 0.1) is 0 Å². The topological polar surface area (TPSA) is 67.8 Å². The van der Waals surface area contributed by atoms with Crippen LogP contribution < -0.4 is 14.8 Å². The third-order valence-corrected chi connectivity index (χ3v) is 3.30. The number of fused-ring (bicyclic) bond motifs is 1. The van der Waals surface area contributed by atoms with Crippen LogP contribution >= 0.6 is 0 Å². The molecule has 0 bridgehead atoms. The zero-order valence-electron chi connectivity index (χ0n) is 10.1. The molecule has 0 saturated heterocycles. The van der Waals surface area contributed by atoms with Gasteiger partial charge in [-0.2, -0.15) is 0 Å². The number of carboxylic acids is 1. The van der Waals surface area contributed by atoms with Crippen LogP contribution in [0.2, 0.25) is 0 Å². The van der Waals surface area contributed by atoms with Crippen molar-refractivity contribution in [3.63, 3.8) is 0 Å². The summed E-state index contributed by atoms with van der Waals surface area (Å²) in [6.45, 7) is 2.09. The van der Waals surface area contributed by atoms with E-state index in [0.29, 0.717) is 17.5 Å². The Kier molecular flexibility index (Phi) is 2.63. The summed E-state index contributed by atoms with van der Waals surface area (Å²) in [5.41, 5.74) is 1.65. The second kappa shape index (κ2) is 4.17. The molecular formula is C13H15NO4. The van der Waals surface area contributed by atoms with Gasteiger partial charge in [-0.1, -0.05) is 0 Å². The number of carboxylic acid groups (broad SMARTS) is 1. The van der Waals surface area contributed by atoms with Gasteiger partial charge in [0.25, 0.3) is 0 Å². The maximum Gasteiger partial charge on any atom is 0.325 e. The molecule has 0 aromatic heterocycles. The number of carbonyl (C=O) groups is 1. The third kappa shape index (κ3) is 2.01. The molecule has 1 unspecified atom stereocenters. The second-order valence-corrected chi connectivity index (χ2v) is 4.77. The highest BCUT2D eigenvalue weighted by Crippen LogP contribution is 2.37. The fraction of sp³-hybridized carbons (Fsp3) is 0.462. The molecule has 1 aromatic carbocycles. The van der Waals surface area contributed by atoms with Crippen LogP contribution in [0.25, 0.3) is 0 Å². The lowest BCUT2D eigenvalue weighted by atomic mass is 10.00. The first kappa shape index (κ1) is 11.3. The Balaban J connectivity index is 1.95. The lowest BCUT2D eigenvalue weighted by molar-refractivity contribution is -0.139. The van der Waals surface area contributed by atoms with E-state index in [9.17, 15) is 9.90 Å². The van der Waals surface area contributed by atoms with E-state index in [2.05, 4.69) is 5.32 Å².